The lowest BCUT2D eigenvalue weighted by atomic mass is 10.1. The summed E-state index contributed by atoms with van der Waals surface area (Å²) in [5, 5.41) is 13.3. The topological polar surface area (TPSA) is 98.7 Å². The van der Waals surface area contributed by atoms with Crippen LogP contribution >= 0.6 is 11.3 Å². The third-order valence-electron chi connectivity index (χ3n) is 2.52. The number of rotatable bonds is 5. The van der Waals surface area contributed by atoms with Crippen LogP contribution in [0.15, 0.2) is 17.8 Å². The number of carbonyl (C=O) groups is 1. The Bertz CT molecular complexity index is 547. The number of hydrogen-bond acceptors (Lipinski definition) is 6. The summed E-state index contributed by atoms with van der Waals surface area (Å²) in [5.74, 6) is -0.275. The summed E-state index contributed by atoms with van der Waals surface area (Å²) in [6, 6.07) is 0. The molecule has 0 aliphatic rings. The summed E-state index contributed by atoms with van der Waals surface area (Å²) in [7, 11) is 0. The standard InChI is InChI=1S/C11H16N6OS/c1-11(2,10-13-4-6-19-10)14-9(18)8-7-17(5-3-12)16-15-8/h4,6-7H,3,5,12H2,1-2H3,(H,14,18). The van der Waals surface area contributed by atoms with Gasteiger partial charge in [0.25, 0.3) is 5.91 Å². The van der Waals surface area contributed by atoms with Gasteiger partial charge in [0.1, 0.15) is 5.01 Å². The van der Waals surface area contributed by atoms with Gasteiger partial charge in [-0.1, -0.05) is 5.21 Å². The fourth-order valence-electron chi connectivity index (χ4n) is 1.58. The van der Waals surface area contributed by atoms with Gasteiger partial charge in [-0.2, -0.15) is 0 Å². The van der Waals surface area contributed by atoms with E-state index in [0.717, 1.165) is 5.01 Å². The van der Waals surface area contributed by atoms with Crippen molar-refractivity contribution in [2.75, 3.05) is 6.54 Å². The van der Waals surface area contributed by atoms with E-state index in [1.807, 2.05) is 19.2 Å². The van der Waals surface area contributed by atoms with Crippen LogP contribution in [0.5, 0.6) is 0 Å². The maximum Gasteiger partial charge on any atom is 0.274 e. The lowest BCUT2D eigenvalue weighted by Gasteiger charge is -2.22. The number of hydrogen-bond donors (Lipinski definition) is 2. The van der Waals surface area contributed by atoms with E-state index in [0.29, 0.717) is 13.1 Å². The van der Waals surface area contributed by atoms with E-state index in [1.165, 1.54) is 11.3 Å². The quantitative estimate of drug-likeness (QED) is 0.824. The van der Waals surface area contributed by atoms with Crippen molar-refractivity contribution >= 4 is 17.2 Å². The molecule has 0 spiro atoms. The lowest BCUT2D eigenvalue weighted by molar-refractivity contribution is 0.0906. The molecule has 0 saturated heterocycles. The molecule has 0 saturated carbocycles. The van der Waals surface area contributed by atoms with Crippen LogP contribution in [0.25, 0.3) is 0 Å². The highest BCUT2D eigenvalue weighted by atomic mass is 32.1. The van der Waals surface area contributed by atoms with E-state index in [2.05, 4.69) is 20.6 Å². The van der Waals surface area contributed by atoms with E-state index < -0.39 is 5.54 Å². The number of thiazole rings is 1. The monoisotopic (exact) mass is 280 g/mol. The van der Waals surface area contributed by atoms with Crippen LogP contribution in [-0.2, 0) is 12.1 Å². The zero-order chi connectivity index (χ0) is 13.9. The van der Waals surface area contributed by atoms with Crippen molar-refractivity contribution in [3.63, 3.8) is 0 Å². The molecule has 2 heterocycles. The predicted octanol–water partition coefficient (Wildman–Crippen LogP) is 0.358. The van der Waals surface area contributed by atoms with E-state index in [-0.39, 0.29) is 11.6 Å². The van der Waals surface area contributed by atoms with E-state index in [1.54, 1.807) is 17.1 Å². The normalized spacial score (nSPS) is 11.5. The molecular formula is C11H16N6OS. The SMILES string of the molecule is CC(C)(NC(=O)c1cn(CCN)nn1)c1nccs1. The number of aromatic nitrogens is 4. The Balaban J connectivity index is 2.08. The van der Waals surface area contributed by atoms with Crippen LogP contribution in [0.1, 0.15) is 29.3 Å². The van der Waals surface area contributed by atoms with E-state index in [9.17, 15) is 4.79 Å². The second-order valence-electron chi connectivity index (χ2n) is 4.57. The molecule has 0 unspecified atom stereocenters. The van der Waals surface area contributed by atoms with Gasteiger partial charge < -0.3 is 11.1 Å². The van der Waals surface area contributed by atoms with Crippen LogP contribution in [0.2, 0.25) is 0 Å². The first kappa shape index (κ1) is 13.6. The van der Waals surface area contributed by atoms with Crippen molar-refractivity contribution in [2.45, 2.75) is 25.9 Å². The minimum Gasteiger partial charge on any atom is -0.339 e. The molecule has 7 nitrogen and oxygen atoms in total. The third kappa shape index (κ3) is 3.15. The minimum atomic E-state index is -0.539. The molecule has 3 N–H and O–H groups in total. The van der Waals surface area contributed by atoms with Crippen molar-refractivity contribution < 1.29 is 4.79 Å². The van der Waals surface area contributed by atoms with Crippen LogP contribution in [0, 0.1) is 0 Å². The fraction of sp³-hybridized carbons (Fsp3) is 0.455. The average molecular weight is 280 g/mol. The molecular weight excluding hydrogens is 264 g/mol. The Labute approximate surface area is 114 Å². The smallest absolute Gasteiger partial charge is 0.274 e. The summed E-state index contributed by atoms with van der Waals surface area (Å²) in [6.45, 7) is 4.78. The maximum absolute atomic E-state index is 12.1. The fourth-order valence-corrected chi connectivity index (χ4v) is 2.30. The molecule has 2 aromatic heterocycles. The Kier molecular flexibility index (Phi) is 3.91. The first-order chi connectivity index (χ1) is 9.03. The number of carbonyl (C=O) groups excluding carboxylic acids is 1. The molecule has 0 aliphatic carbocycles. The number of nitrogens with zero attached hydrogens (tertiary/aromatic N) is 4. The molecule has 8 heteroatoms. The molecule has 0 aliphatic heterocycles. The Morgan fingerprint density at radius 3 is 3.00 bits per heavy atom. The van der Waals surface area contributed by atoms with Crippen molar-refractivity contribution in [3.05, 3.63) is 28.5 Å². The molecule has 2 rings (SSSR count). The Morgan fingerprint density at radius 1 is 1.58 bits per heavy atom. The van der Waals surface area contributed by atoms with Crippen LogP contribution < -0.4 is 11.1 Å². The summed E-state index contributed by atoms with van der Waals surface area (Å²) in [4.78, 5) is 16.3. The summed E-state index contributed by atoms with van der Waals surface area (Å²) in [6.07, 6.45) is 3.30. The highest BCUT2D eigenvalue weighted by molar-refractivity contribution is 7.09. The number of amides is 1. The summed E-state index contributed by atoms with van der Waals surface area (Å²) in [5.41, 5.74) is 5.15. The summed E-state index contributed by atoms with van der Waals surface area (Å²) >= 11 is 1.50. The highest BCUT2D eigenvalue weighted by Crippen LogP contribution is 2.22. The zero-order valence-electron chi connectivity index (χ0n) is 10.8. The second kappa shape index (κ2) is 5.45. The molecule has 19 heavy (non-hydrogen) atoms. The van der Waals surface area contributed by atoms with Crippen molar-refractivity contribution in [1.82, 2.24) is 25.3 Å². The molecule has 0 radical (unpaired) electrons. The first-order valence-electron chi connectivity index (χ1n) is 5.85. The van der Waals surface area contributed by atoms with Gasteiger partial charge in [0.05, 0.1) is 18.3 Å². The maximum atomic E-state index is 12.1. The molecule has 0 fully saturated rings. The van der Waals surface area contributed by atoms with Crippen molar-refractivity contribution in [1.29, 1.82) is 0 Å². The van der Waals surface area contributed by atoms with Gasteiger partial charge in [-0.15, -0.1) is 16.4 Å². The van der Waals surface area contributed by atoms with Crippen LogP contribution in [-0.4, -0.2) is 32.4 Å². The van der Waals surface area contributed by atoms with Gasteiger partial charge in [0, 0.05) is 18.1 Å². The van der Waals surface area contributed by atoms with Gasteiger partial charge in [0.2, 0.25) is 0 Å². The van der Waals surface area contributed by atoms with Gasteiger partial charge in [-0.3, -0.25) is 9.48 Å². The number of nitrogens with two attached hydrogens (primary N) is 1. The molecule has 102 valence electrons. The third-order valence-corrected chi connectivity index (χ3v) is 3.62. The molecule has 2 aromatic rings. The van der Waals surface area contributed by atoms with Crippen molar-refractivity contribution in [2.24, 2.45) is 5.73 Å². The predicted molar refractivity (Wildman–Crippen MR) is 71.7 cm³/mol. The molecule has 0 aromatic carbocycles. The van der Waals surface area contributed by atoms with Gasteiger partial charge in [-0.05, 0) is 13.8 Å². The summed E-state index contributed by atoms with van der Waals surface area (Å²) < 4.78 is 1.55. The largest absolute Gasteiger partial charge is 0.339 e. The minimum absolute atomic E-state index is 0.275. The molecule has 1 amide bonds. The molecule has 0 atom stereocenters. The van der Waals surface area contributed by atoms with Gasteiger partial charge in [0.15, 0.2) is 5.69 Å². The highest BCUT2D eigenvalue weighted by Gasteiger charge is 2.27. The van der Waals surface area contributed by atoms with Crippen molar-refractivity contribution in [3.8, 4) is 0 Å². The van der Waals surface area contributed by atoms with Gasteiger partial charge >= 0.3 is 0 Å². The molecule has 0 bridgehead atoms. The van der Waals surface area contributed by atoms with Gasteiger partial charge in [-0.25, -0.2) is 4.98 Å². The average Bonchev–Trinajstić information content (AvgIpc) is 2.99. The van der Waals surface area contributed by atoms with E-state index in [4.69, 9.17) is 5.73 Å². The first-order valence-corrected chi connectivity index (χ1v) is 6.73. The Morgan fingerprint density at radius 2 is 2.37 bits per heavy atom. The van der Waals surface area contributed by atoms with E-state index >= 15 is 0 Å². The second-order valence-corrected chi connectivity index (χ2v) is 5.47. The zero-order valence-corrected chi connectivity index (χ0v) is 11.6. The lowest BCUT2D eigenvalue weighted by Crippen LogP contribution is -2.41. The van der Waals surface area contributed by atoms with Crippen LogP contribution in [0.3, 0.4) is 0 Å². The Hall–Kier alpha value is -1.80. The van der Waals surface area contributed by atoms with Crippen LogP contribution in [0.4, 0.5) is 0 Å². The number of nitrogens with one attached hydrogen (secondary N) is 1.